The van der Waals surface area contributed by atoms with Gasteiger partial charge in [0.05, 0.1) is 18.8 Å². The molecule has 0 aliphatic rings. The third-order valence-electron chi connectivity index (χ3n) is 2.99. The van der Waals surface area contributed by atoms with E-state index < -0.39 is 12.1 Å². The smallest absolute Gasteiger partial charge is 0.336 e. The summed E-state index contributed by atoms with van der Waals surface area (Å²) in [6.07, 6.45) is -0.688. The summed E-state index contributed by atoms with van der Waals surface area (Å²) < 4.78 is 5.12. The molecule has 2 aromatic carbocycles. The number of aliphatic hydroxyl groups is 1. The maximum absolute atomic E-state index is 11.1. The van der Waals surface area contributed by atoms with Crippen molar-refractivity contribution >= 4 is 17.7 Å². The van der Waals surface area contributed by atoms with Crippen molar-refractivity contribution in [1.29, 1.82) is 0 Å². The van der Waals surface area contributed by atoms with Gasteiger partial charge in [-0.2, -0.15) is 0 Å². The maximum atomic E-state index is 11.1. The lowest BCUT2D eigenvalue weighted by molar-refractivity contribution is 0.0693. The number of methoxy groups -OCH3 is 1. The number of benzene rings is 2. The normalized spacial score (nSPS) is 11.9. The molecule has 2 N–H and O–H groups in total. The second-order valence-corrected chi connectivity index (χ2v) is 5.47. The molecule has 5 heteroatoms. The van der Waals surface area contributed by atoms with Crippen LogP contribution in [0.4, 0.5) is 0 Å². The lowest BCUT2D eigenvalue weighted by Crippen LogP contribution is -2.03. The Morgan fingerprint density at radius 2 is 2.00 bits per heavy atom. The largest absolute Gasteiger partial charge is 0.497 e. The number of carbonyl (C=O) groups is 1. The highest BCUT2D eigenvalue weighted by Crippen LogP contribution is 2.28. The first-order valence-electron chi connectivity index (χ1n) is 6.39. The average Bonchev–Trinajstić information content (AvgIpc) is 2.52. The average molecular weight is 304 g/mol. The van der Waals surface area contributed by atoms with Crippen LogP contribution in [-0.2, 0) is 0 Å². The number of hydrogen-bond acceptors (Lipinski definition) is 4. The number of ether oxygens (including phenoxy) is 1. The Morgan fingerprint density at radius 3 is 2.71 bits per heavy atom. The van der Waals surface area contributed by atoms with Gasteiger partial charge in [0.25, 0.3) is 0 Å². The van der Waals surface area contributed by atoms with Crippen molar-refractivity contribution in [2.75, 3.05) is 12.9 Å². The van der Waals surface area contributed by atoms with E-state index in [2.05, 4.69) is 0 Å². The van der Waals surface area contributed by atoms with Crippen molar-refractivity contribution < 1.29 is 19.7 Å². The molecule has 0 fully saturated rings. The Morgan fingerprint density at radius 1 is 1.24 bits per heavy atom. The van der Waals surface area contributed by atoms with Crippen LogP contribution in [0.1, 0.15) is 22.0 Å². The van der Waals surface area contributed by atoms with E-state index in [9.17, 15) is 9.90 Å². The van der Waals surface area contributed by atoms with Crippen LogP contribution < -0.4 is 4.74 Å². The Labute approximate surface area is 127 Å². The number of carboxylic acids is 1. The molecule has 0 heterocycles. The molecule has 0 aliphatic carbocycles. The molecular weight excluding hydrogens is 288 g/mol. The first-order chi connectivity index (χ1) is 10.1. The van der Waals surface area contributed by atoms with Crippen molar-refractivity contribution in [1.82, 2.24) is 0 Å². The number of aliphatic hydroxyl groups excluding tert-OH is 1. The van der Waals surface area contributed by atoms with Gasteiger partial charge < -0.3 is 14.9 Å². The summed E-state index contributed by atoms with van der Waals surface area (Å²) in [5.74, 6) is 0.0914. The summed E-state index contributed by atoms with van der Waals surface area (Å²) in [5.41, 5.74) is 0.995. The third-order valence-corrected chi connectivity index (χ3v) is 4.14. The first-order valence-corrected chi connectivity index (χ1v) is 7.37. The fourth-order valence-electron chi connectivity index (χ4n) is 1.88. The monoisotopic (exact) mass is 304 g/mol. The topological polar surface area (TPSA) is 66.8 Å². The highest BCUT2D eigenvalue weighted by Gasteiger charge is 2.13. The van der Waals surface area contributed by atoms with Crippen LogP contribution in [-0.4, -0.2) is 29.0 Å². The summed E-state index contributed by atoms with van der Waals surface area (Å²) in [5, 5.41) is 19.3. The van der Waals surface area contributed by atoms with E-state index in [1.54, 1.807) is 37.4 Å². The van der Waals surface area contributed by atoms with Gasteiger partial charge in [-0.1, -0.05) is 24.3 Å². The minimum Gasteiger partial charge on any atom is -0.497 e. The number of hydrogen-bond donors (Lipinski definition) is 2. The Kier molecular flexibility index (Phi) is 5.25. The zero-order valence-corrected chi connectivity index (χ0v) is 12.3. The zero-order valence-electron chi connectivity index (χ0n) is 11.5. The second kappa shape index (κ2) is 7.15. The Bertz CT molecular complexity index is 627. The van der Waals surface area contributed by atoms with E-state index in [0.29, 0.717) is 16.4 Å². The van der Waals surface area contributed by atoms with Crippen LogP contribution in [0.2, 0.25) is 0 Å². The summed E-state index contributed by atoms with van der Waals surface area (Å²) in [4.78, 5) is 11.8. The van der Waals surface area contributed by atoms with Gasteiger partial charge in [0.15, 0.2) is 0 Å². The molecule has 2 aromatic rings. The highest BCUT2D eigenvalue weighted by atomic mass is 32.2. The molecule has 0 radical (unpaired) electrons. The fraction of sp³-hybridized carbons (Fsp3) is 0.188. The fourth-order valence-corrected chi connectivity index (χ4v) is 2.90. The lowest BCUT2D eigenvalue weighted by Gasteiger charge is -2.12. The molecule has 0 saturated heterocycles. The van der Waals surface area contributed by atoms with Gasteiger partial charge in [0.1, 0.15) is 5.75 Å². The molecule has 21 heavy (non-hydrogen) atoms. The zero-order chi connectivity index (χ0) is 15.2. The highest BCUT2D eigenvalue weighted by molar-refractivity contribution is 7.99. The standard InChI is InChI=1S/C16H16O4S/c1-20-12-6-4-5-11(9-12)14(17)10-21-15-8-3-2-7-13(15)16(18)19/h2-9,14,17H,10H2,1H3,(H,18,19). The van der Waals surface area contributed by atoms with Crippen molar-refractivity contribution in [2.45, 2.75) is 11.0 Å². The predicted octanol–water partition coefficient (Wildman–Crippen LogP) is 3.22. The molecule has 110 valence electrons. The molecule has 2 rings (SSSR count). The van der Waals surface area contributed by atoms with Crippen LogP contribution in [0, 0.1) is 0 Å². The van der Waals surface area contributed by atoms with Crippen molar-refractivity contribution in [3.63, 3.8) is 0 Å². The van der Waals surface area contributed by atoms with Crippen LogP contribution in [0.15, 0.2) is 53.4 Å². The number of aromatic carboxylic acids is 1. The van der Waals surface area contributed by atoms with E-state index in [0.717, 1.165) is 5.56 Å². The van der Waals surface area contributed by atoms with Crippen LogP contribution in [0.5, 0.6) is 5.75 Å². The van der Waals surface area contributed by atoms with Gasteiger partial charge in [-0.25, -0.2) is 4.79 Å². The summed E-state index contributed by atoms with van der Waals surface area (Å²) in [6, 6.07) is 14.0. The van der Waals surface area contributed by atoms with E-state index in [4.69, 9.17) is 9.84 Å². The van der Waals surface area contributed by atoms with Crippen LogP contribution >= 0.6 is 11.8 Å². The van der Waals surface area contributed by atoms with E-state index >= 15 is 0 Å². The Balaban J connectivity index is 2.07. The van der Waals surface area contributed by atoms with Gasteiger partial charge in [-0.3, -0.25) is 0 Å². The van der Waals surface area contributed by atoms with Crippen molar-refractivity contribution in [2.24, 2.45) is 0 Å². The van der Waals surface area contributed by atoms with Crippen LogP contribution in [0.3, 0.4) is 0 Å². The number of carboxylic acid groups (broad SMARTS) is 1. The number of thioether (sulfide) groups is 1. The minimum absolute atomic E-state index is 0.250. The van der Waals surface area contributed by atoms with E-state index in [1.165, 1.54) is 11.8 Å². The minimum atomic E-state index is -0.964. The molecule has 1 atom stereocenters. The van der Waals surface area contributed by atoms with E-state index in [-0.39, 0.29) is 5.56 Å². The van der Waals surface area contributed by atoms with Crippen LogP contribution in [0.25, 0.3) is 0 Å². The predicted molar refractivity (Wildman–Crippen MR) is 82.1 cm³/mol. The summed E-state index contributed by atoms with van der Waals surface area (Å²) in [7, 11) is 1.57. The van der Waals surface area contributed by atoms with E-state index in [1.807, 2.05) is 18.2 Å². The molecule has 0 amide bonds. The molecule has 0 saturated carbocycles. The number of rotatable bonds is 6. The maximum Gasteiger partial charge on any atom is 0.336 e. The molecular formula is C16H16O4S. The molecule has 0 bridgehead atoms. The molecule has 1 unspecified atom stereocenters. The summed E-state index contributed by atoms with van der Waals surface area (Å²) in [6.45, 7) is 0. The van der Waals surface area contributed by atoms with Crippen molar-refractivity contribution in [3.8, 4) is 5.75 Å². The van der Waals surface area contributed by atoms with Gasteiger partial charge in [-0.05, 0) is 29.8 Å². The second-order valence-electron chi connectivity index (χ2n) is 4.40. The quantitative estimate of drug-likeness (QED) is 0.802. The van der Waals surface area contributed by atoms with Crippen molar-refractivity contribution in [3.05, 3.63) is 59.7 Å². The van der Waals surface area contributed by atoms with Gasteiger partial charge >= 0.3 is 5.97 Å². The summed E-state index contributed by atoms with van der Waals surface area (Å²) >= 11 is 1.32. The van der Waals surface area contributed by atoms with Gasteiger partial charge in [0.2, 0.25) is 0 Å². The van der Waals surface area contributed by atoms with Gasteiger partial charge in [-0.15, -0.1) is 11.8 Å². The Hall–Kier alpha value is -1.98. The van der Waals surface area contributed by atoms with Gasteiger partial charge in [0, 0.05) is 10.6 Å². The molecule has 0 spiro atoms. The molecule has 0 aliphatic heterocycles. The third kappa shape index (κ3) is 4.00. The lowest BCUT2D eigenvalue weighted by atomic mass is 10.1. The SMILES string of the molecule is COc1cccc(C(O)CSc2ccccc2C(=O)O)c1. The molecule has 4 nitrogen and oxygen atoms in total. The molecule has 0 aromatic heterocycles. The first kappa shape index (κ1) is 15.4.